The van der Waals surface area contributed by atoms with Gasteiger partial charge in [-0.15, -0.1) is 0 Å². The average Bonchev–Trinajstić information content (AvgIpc) is 2.37. The number of sulfonamides is 1. The molecule has 1 aliphatic heterocycles. The highest BCUT2D eigenvalue weighted by molar-refractivity contribution is 9.10. The van der Waals surface area contributed by atoms with Gasteiger partial charge < -0.3 is 10.6 Å². The van der Waals surface area contributed by atoms with E-state index >= 15 is 0 Å². The van der Waals surface area contributed by atoms with Crippen molar-refractivity contribution in [3.63, 3.8) is 0 Å². The molecule has 1 atom stereocenters. The Morgan fingerprint density at radius 1 is 1.25 bits per heavy atom. The van der Waals surface area contributed by atoms with E-state index in [1.165, 1.54) is 10.6 Å². The molecule has 0 bridgehead atoms. The lowest BCUT2D eigenvalue weighted by molar-refractivity contribution is 0.388. The van der Waals surface area contributed by atoms with Crippen LogP contribution in [0.15, 0.2) is 22.7 Å². The van der Waals surface area contributed by atoms with Gasteiger partial charge in [0.25, 0.3) is 0 Å². The Kier molecular flexibility index (Phi) is 4.73. The number of anilines is 1. The van der Waals surface area contributed by atoms with Gasteiger partial charge in [-0.25, -0.2) is 8.42 Å². The quantitative estimate of drug-likeness (QED) is 0.886. The molecule has 1 unspecified atom stereocenters. The summed E-state index contributed by atoms with van der Waals surface area (Å²) in [6, 6.07) is 6.10. The van der Waals surface area contributed by atoms with Gasteiger partial charge in [-0.05, 0) is 24.6 Å². The van der Waals surface area contributed by atoms with E-state index in [0.717, 1.165) is 15.7 Å². The lowest BCUT2D eigenvalue weighted by Crippen LogP contribution is -2.48. The van der Waals surface area contributed by atoms with Gasteiger partial charge in [-0.2, -0.15) is 4.31 Å². The highest BCUT2D eigenvalue weighted by Gasteiger charge is 2.23. The van der Waals surface area contributed by atoms with Crippen LogP contribution in [0.3, 0.4) is 0 Å². The van der Waals surface area contributed by atoms with Crippen LogP contribution in [0.2, 0.25) is 0 Å². The molecule has 20 heavy (non-hydrogen) atoms. The molecule has 7 heteroatoms. The molecule has 0 amide bonds. The molecule has 1 saturated heterocycles. The van der Waals surface area contributed by atoms with Crippen molar-refractivity contribution in [3.8, 4) is 0 Å². The normalized spacial score (nSPS) is 19.1. The van der Waals surface area contributed by atoms with Crippen LogP contribution in [0.25, 0.3) is 0 Å². The Balaban J connectivity index is 2.10. The van der Waals surface area contributed by atoms with Crippen LogP contribution in [-0.2, 0) is 10.0 Å². The van der Waals surface area contributed by atoms with E-state index < -0.39 is 10.0 Å². The Bertz CT molecular complexity index is 581. The van der Waals surface area contributed by atoms with Crippen molar-refractivity contribution in [2.45, 2.75) is 13.0 Å². The van der Waals surface area contributed by atoms with Gasteiger partial charge in [0.15, 0.2) is 0 Å². The molecule has 1 aromatic carbocycles. The fourth-order valence-electron chi connectivity index (χ4n) is 2.36. The summed E-state index contributed by atoms with van der Waals surface area (Å²) in [6.45, 7) is 4.43. The van der Waals surface area contributed by atoms with Gasteiger partial charge >= 0.3 is 0 Å². The van der Waals surface area contributed by atoms with Gasteiger partial charge in [0.05, 0.1) is 6.26 Å². The van der Waals surface area contributed by atoms with Gasteiger partial charge in [0.1, 0.15) is 0 Å². The van der Waals surface area contributed by atoms with E-state index in [-0.39, 0.29) is 6.04 Å². The minimum absolute atomic E-state index is 0.0134. The summed E-state index contributed by atoms with van der Waals surface area (Å²) in [7, 11) is -3.08. The van der Waals surface area contributed by atoms with Crippen LogP contribution in [0, 0.1) is 0 Å². The minimum Gasteiger partial charge on any atom is -0.369 e. The maximum atomic E-state index is 11.5. The smallest absolute Gasteiger partial charge is 0.211 e. The first-order chi connectivity index (χ1) is 9.29. The molecule has 1 heterocycles. The number of benzene rings is 1. The monoisotopic (exact) mass is 361 g/mol. The van der Waals surface area contributed by atoms with Crippen LogP contribution < -0.4 is 10.6 Å². The lowest BCUT2D eigenvalue weighted by Gasteiger charge is -2.35. The third kappa shape index (κ3) is 3.52. The predicted octanol–water partition coefficient (Wildman–Crippen LogP) is 1.55. The second-order valence-electron chi connectivity index (χ2n) is 5.14. The zero-order chi connectivity index (χ0) is 14.9. The summed E-state index contributed by atoms with van der Waals surface area (Å²) < 4.78 is 25.5. The topological polar surface area (TPSA) is 66.6 Å². The highest BCUT2D eigenvalue weighted by atomic mass is 79.9. The number of nitrogens with two attached hydrogens (primary N) is 1. The summed E-state index contributed by atoms with van der Waals surface area (Å²) in [5.41, 5.74) is 8.06. The number of nitrogens with zero attached hydrogens (tertiary/aromatic N) is 2. The largest absolute Gasteiger partial charge is 0.369 e. The maximum Gasteiger partial charge on any atom is 0.211 e. The highest BCUT2D eigenvalue weighted by Crippen LogP contribution is 2.28. The molecule has 0 saturated carbocycles. The van der Waals surface area contributed by atoms with E-state index in [4.69, 9.17) is 5.73 Å². The molecule has 1 fully saturated rings. The molecule has 0 radical (unpaired) electrons. The van der Waals surface area contributed by atoms with E-state index in [2.05, 4.69) is 26.9 Å². The Hall–Kier alpha value is -0.630. The summed E-state index contributed by atoms with van der Waals surface area (Å²) >= 11 is 3.54. The number of piperazine rings is 1. The maximum absolute atomic E-state index is 11.5. The van der Waals surface area contributed by atoms with Crippen molar-refractivity contribution < 1.29 is 8.42 Å². The molecule has 0 aliphatic carbocycles. The van der Waals surface area contributed by atoms with Crippen molar-refractivity contribution in [1.29, 1.82) is 0 Å². The van der Waals surface area contributed by atoms with Crippen LogP contribution in [0.5, 0.6) is 0 Å². The molecule has 2 rings (SSSR count). The molecular formula is C13H20BrN3O2S. The molecule has 0 aromatic heterocycles. The zero-order valence-corrected chi connectivity index (χ0v) is 14.1. The van der Waals surface area contributed by atoms with Crippen LogP contribution in [0.4, 0.5) is 5.69 Å². The molecule has 0 spiro atoms. The third-order valence-corrected chi connectivity index (χ3v) is 5.54. The van der Waals surface area contributed by atoms with Crippen molar-refractivity contribution in [1.82, 2.24) is 4.31 Å². The summed E-state index contributed by atoms with van der Waals surface area (Å²) in [6.07, 6.45) is 1.26. The van der Waals surface area contributed by atoms with E-state index in [0.29, 0.717) is 26.2 Å². The standard InChI is InChI=1S/C13H20BrN3O2S/c1-10(15)12-4-3-11(9-13(12)14)16-5-7-17(8-6-16)20(2,18)19/h3-4,9-10H,5-8,15H2,1-2H3. The third-order valence-electron chi connectivity index (χ3n) is 3.55. The average molecular weight is 362 g/mol. The summed E-state index contributed by atoms with van der Waals surface area (Å²) in [4.78, 5) is 2.19. The second-order valence-corrected chi connectivity index (χ2v) is 7.98. The van der Waals surface area contributed by atoms with E-state index in [1.807, 2.05) is 19.1 Å². The lowest BCUT2D eigenvalue weighted by atomic mass is 10.1. The number of halogens is 1. The fourth-order valence-corrected chi connectivity index (χ4v) is 3.91. The zero-order valence-electron chi connectivity index (χ0n) is 11.7. The van der Waals surface area contributed by atoms with Gasteiger partial charge in [0.2, 0.25) is 10.0 Å². The summed E-state index contributed by atoms with van der Waals surface area (Å²) in [5, 5.41) is 0. The van der Waals surface area contributed by atoms with Gasteiger partial charge in [-0.1, -0.05) is 22.0 Å². The minimum atomic E-state index is -3.08. The fraction of sp³-hybridized carbons (Fsp3) is 0.538. The first kappa shape index (κ1) is 15.8. The Morgan fingerprint density at radius 3 is 2.30 bits per heavy atom. The molecule has 5 nitrogen and oxygen atoms in total. The molecule has 1 aliphatic rings. The first-order valence-electron chi connectivity index (χ1n) is 6.54. The molecular weight excluding hydrogens is 342 g/mol. The van der Waals surface area contributed by atoms with Gasteiger partial charge in [0, 0.05) is 42.4 Å². The van der Waals surface area contributed by atoms with Crippen molar-refractivity contribution in [2.24, 2.45) is 5.73 Å². The van der Waals surface area contributed by atoms with Crippen LogP contribution >= 0.6 is 15.9 Å². The molecule has 112 valence electrons. The Labute approximate surface area is 128 Å². The van der Waals surface area contributed by atoms with E-state index in [9.17, 15) is 8.42 Å². The Morgan fingerprint density at radius 2 is 1.85 bits per heavy atom. The van der Waals surface area contributed by atoms with Crippen molar-refractivity contribution >= 4 is 31.6 Å². The number of hydrogen-bond acceptors (Lipinski definition) is 4. The first-order valence-corrected chi connectivity index (χ1v) is 9.18. The SMILES string of the molecule is CC(N)c1ccc(N2CCN(S(C)(=O)=O)CC2)cc1Br. The molecule has 2 N–H and O–H groups in total. The predicted molar refractivity (Wildman–Crippen MR) is 85.4 cm³/mol. The van der Waals surface area contributed by atoms with Crippen molar-refractivity contribution in [3.05, 3.63) is 28.2 Å². The second kappa shape index (κ2) is 6.01. The van der Waals surface area contributed by atoms with Crippen LogP contribution in [-0.4, -0.2) is 45.2 Å². The summed E-state index contributed by atoms with van der Waals surface area (Å²) in [5.74, 6) is 0. The molecule has 1 aromatic rings. The van der Waals surface area contributed by atoms with E-state index in [1.54, 1.807) is 0 Å². The number of rotatable bonds is 3. The van der Waals surface area contributed by atoms with Crippen LogP contribution in [0.1, 0.15) is 18.5 Å². The van der Waals surface area contributed by atoms with Gasteiger partial charge in [-0.3, -0.25) is 0 Å². The van der Waals surface area contributed by atoms with Crippen molar-refractivity contribution in [2.75, 3.05) is 37.3 Å². The number of hydrogen-bond donors (Lipinski definition) is 1.